The van der Waals surface area contributed by atoms with Crippen LogP contribution in [0.3, 0.4) is 0 Å². The average Bonchev–Trinajstić information content (AvgIpc) is 2.39. The lowest BCUT2D eigenvalue weighted by molar-refractivity contribution is 0.0525. The largest absolute Gasteiger partial charge is 0.389 e. The first-order chi connectivity index (χ1) is 8.70. The van der Waals surface area contributed by atoms with Crippen molar-refractivity contribution in [1.82, 2.24) is 4.98 Å². The predicted octanol–water partition coefficient (Wildman–Crippen LogP) is 2.14. The number of pyridine rings is 1. The van der Waals surface area contributed by atoms with E-state index in [-0.39, 0.29) is 0 Å². The van der Waals surface area contributed by atoms with E-state index >= 15 is 0 Å². The molecule has 0 aliphatic carbocycles. The summed E-state index contributed by atoms with van der Waals surface area (Å²) in [7, 11) is 0. The molecule has 0 aromatic carbocycles. The van der Waals surface area contributed by atoms with E-state index in [9.17, 15) is 5.11 Å². The number of piperidine rings is 1. The molecule has 1 aromatic heterocycles. The van der Waals surface area contributed by atoms with Crippen molar-refractivity contribution in [2.75, 3.05) is 24.6 Å². The van der Waals surface area contributed by atoms with Crippen molar-refractivity contribution in [3.05, 3.63) is 23.9 Å². The molecule has 2 heterocycles. The van der Waals surface area contributed by atoms with Crippen LogP contribution in [0.25, 0.3) is 0 Å². The van der Waals surface area contributed by atoms with Gasteiger partial charge in [-0.15, -0.1) is 0 Å². The Kier molecular flexibility index (Phi) is 4.55. The van der Waals surface area contributed by atoms with Gasteiger partial charge in [-0.25, -0.2) is 4.98 Å². The van der Waals surface area contributed by atoms with Gasteiger partial charge in [-0.2, -0.15) is 0 Å². The smallest absolute Gasteiger partial charge is 0.128 e. The molecule has 0 bridgehead atoms. The maximum Gasteiger partial charge on any atom is 0.128 e. The Bertz CT molecular complexity index is 363. The molecule has 4 nitrogen and oxygen atoms in total. The van der Waals surface area contributed by atoms with E-state index in [0.717, 1.165) is 43.9 Å². The van der Waals surface area contributed by atoms with E-state index in [1.54, 1.807) is 13.1 Å². The van der Waals surface area contributed by atoms with Crippen molar-refractivity contribution in [2.45, 2.75) is 38.9 Å². The second-order valence-corrected chi connectivity index (χ2v) is 4.79. The summed E-state index contributed by atoms with van der Waals surface area (Å²) in [5, 5.41) is 9.46. The highest BCUT2D eigenvalue weighted by molar-refractivity contribution is 5.40. The third-order valence-corrected chi connectivity index (χ3v) is 3.36. The Morgan fingerprint density at radius 2 is 2.39 bits per heavy atom. The Balaban J connectivity index is 2.02. The van der Waals surface area contributed by atoms with Gasteiger partial charge in [-0.1, -0.05) is 6.07 Å². The van der Waals surface area contributed by atoms with E-state index in [4.69, 9.17) is 4.74 Å². The van der Waals surface area contributed by atoms with Crippen LogP contribution in [0.2, 0.25) is 0 Å². The maximum absolute atomic E-state index is 9.46. The van der Waals surface area contributed by atoms with Gasteiger partial charge >= 0.3 is 0 Å². The van der Waals surface area contributed by atoms with Crippen LogP contribution in [0, 0.1) is 0 Å². The van der Waals surface area contributed by atoms with Crippen LogP contribution in [0.4, 0.5) is 5.82 Å². The molecule has 1 unspecified atom stereocenters. The summed E-state index contributed by atoms with van der Waals surface area (Å²) in [6.07, 6.45) is 3.90. The van der Waals surface area contributed by atoms with Gasteiger partial charge in [0.2, 0.25) is 0 Å². The molecule has 2 atom stereocenters. The van der Waals surface area contributed by atoms with Crippen LogP contribution in [0.5, 0.6) is 0 Å². The summed E-state index contributed by atoms with van der Waals surface area (Å²) >= 11 is 0. The quantitative estimate of drug-likeness (QED) is 0.889. The minimum absolute atomic E-state index is 0.321. The molecule has 4 heteroatoms. The van der Waals surface area contributed by atoms with Crippen LogP contribution in [-0.2, 0) is 4.74 Å². The minimum atomic E-state index is -0.455. The second-order valence-electron chi connectivity index (χ2n) is 4.79. The highest BCUT2D eigenvalue weighted by Gasteiger charge is 2.20. The van der Waals surface area contributed by atoms with E-state index in [0.29, 0.717) is 6.10 Å². The first kappa shape index (κ1) is 13.3. The predicted molar refractivity (Wildman–Crippen MR) is 71.7 cm³/mol. The third-order valence-electron chi connectivity index (χ3n) is 3.36. The number of anilines is 1. The molecule has 100 valence electrons. The molecular weight excluding hydrogens is 228 g/mol. The van der Waals surface area contributed by atoms with E-state index in [1.165, 1.54) is 0 Å². The first-order valence-corrected chi connectivity index (χ1v) is 6.71. The van der Waals surface area contributed by atoms with Crippen molar-refractivity contribution in [3.8, 4) is 0 Å². The molecule has 0 amide bonds. The summed E-state index contributed by atoms with van der Waals surface area (Å²) in [5.41, 5.74) is 0.858. The summed E-state index contributed by atoms with van der Waals surface area (Å²) in [6, 6.07) is 3.92. The Morgan fingerprint density at radius 1 is 1.56 bits per heavy atom. The first-order valence-electron chi connectivity index (χ1n) is 6.71. The molecular formula is C14H22N2O2. The number of aliphatic hydroxyl groups excluding tert-OH is 1. The number of aliphatic hydroxyl groups is 1. The molecule has 0 radical (unpaired) electrons. The lowest BCUT2D eigenvalue weighted by atomic mass is 10.1. The zero-order chi connectivity index (χ0) is 13.0. The summed E-state index contributed by atoms with van der Waals surface area (Å²) in [4.78, 5) is 6.69. The van der Waals surface area contributed by atoms with Gasteiger partial charge in [-0.05, 0) is 38.3 Å². The molecule has 2 rings (SSSR count). The topological polar surface area (TPSA) is 45.6 Å². The standard InChI is InChI=1S/C14H22N2O2/c1-3-18-13-5-4-8-16(10-13)14-7-6-12(9-15-14)11(2)17/h6-7,9,11,13,17H,3-5,8,10H2,1-2H3/t11-,13?/m0/s1. The fourth-order valence-electron chi connectivity index (χ4n) is 2.35. The SMILES string of the molecule is CCOC1CCCN(c2ccc([C@H](C)O)cn2)C1. The minimum Gasteiger partial charge on any atom is -0.389 e. The van der Waals surface area contributed by atoms with Crippen LogP contribution in [0.1, 0.15) is 38.4 Å². The van der Waals surface area contributed by atoms with Crippen LogP contribution in [-0.4, -0.2) is 35.9 Å². The van der Waals surface area contributed by atoms with Gasteiger partial charge in [0.1, 0.15) is 5.82 Å². The maximum atomic E-state index is 9.46. The number of aromatic nitrogens is 1. The molecule has 0 spiro atoms. The van der Waals surface area contributed by atoms with Gasteiger partial charge in [0.05, 0.1) is 12.2 Å². The van der Waals surface area contributed by atoms with Gasteiger partial charge in [0.25, 0.3) is 0 Å². The molecule has 18 heavy (non-hydrogen) atoms. The van der Waals surface area contributed by atoms with Crippen LogP contribution < -0.4 is 4.90 Å². The van der Waals surface area contributed by atoms with Crippen molar-refractivity contribution in [3.63, 3.8) is 0 Å². The Hall–Kier alpha value is -1.13. The third kappa shape index (κ3) is 3.21. The second kappa shape index (κ2) is 6.16. The van der Waals surface area contributed by atoms with Gasteiger partial charge in [-0.3, -0.25) is 0 Å². The molecule has 1 aromatic rings. The summed E-state index contributed by atoms with van der Waals surface area (Å²) in [6.45, 7) is 6.50. The normalized spacial score (nSPS) is 21.9. The van der Waals surface area contributed by atoms with Gasteiger partial charge < -0.3 is 14.7 Å². The highest BCUT2D eigenvalue weighted by atomic mass is 16.5. The van der Waals surface area contributed by atoms with Crippen molar-refractivity contribution in [2.24, 2.45) is 0 Å². The molecule has 1 N–H and O–H groups in total. The lowest BCUT2D eigenvalue weighted by Crippen LogP contribution is -2.40. The summed E-state index contributed by atoms with van der Waals surface area (Å²) in [5.74, 6) is 0.976. The monoisotopic (exact) mass is 250 g/mol. The molecule has 0 saturated carbocycles. The fraction of sp³-hybridized carbons (Fsp3) is 0.643. The fourth-order valence-corrected chi connectivity index (χ4v) is 2.35. The van der Waals surface area contributed by atoms with Gasteiger partial charge in [0, 0.05) is 25.9 Å². The molecule has 1 aliphatic heterocycles. The number of hydrogen-bond donors (Lipinski definition) is 1. The molecule has 1 fully saturated rings. The average molecular weight is 250 g/mol. The summed E-state index contributed by atoms with van der Waals surface area (Å²) < 4.78 is 5.69. The van der Waals surface area contributed by atoms with Crippen LogP contribution >= 0.6 is 0 Å². The van der Waals surface area contributed by atoms with Crippen molar-refractivity contribution < 1.29 is 9.84 Å². The zero-order valence-electron chi connectivity index (χ0n) is 11.2. The van der Waals surface area contributed by atoms with E-state index < -0.39 is 6.10 Å². The number of ether oxygens (including phenoxy) is 1. The Morgan fingerprint density at radius 3 is 3.00 bits per heavy atom. The lowest BCUT2D eigenvalue weighted by Gasteiger charge is -2.33. The van der Waals surface area contributed by atoms with Gasteiger partial charge in [0.15, 0.2) is 0 Å². The highest BCUT2D eigenvalue weighted by Crippen LogP contribution is 2.21. The molecule has 1 aliphatic rings. The zero-order valence-corrected chi connectivity index (χ0v) is 11.2. The number of rotatable bonds is 4. The molecule has 1 saturated heterocycles. The van der Waals surface area contributed by atoms with Crippen LogP contribution in [0.15, 0.2) is 18.3 Å². The van der Waals surface area contributed by atoms with E-state index in [2.05, 4.69) is 9.88 Å². The number of nitrogens with zero attached hydrogens (tertiary/aromatic N) is 2. The number of hydrogen-bond acceptors (Lipinski definition) is 4. The van der Waals surface area contributed by atoms with Crippen molar-refractivity contribution >= 4 is 5.82 Å². The Labute approximate surface area is 109 Å². The van der Waals surface area contributed by atoms with Crippen molar-refractivity contribution in [1.29, 1.82) is 0 Å². The van der Waals surface area contributed by atoms with E-state index in [1.807, 2.05) is 19.1 Å².